The van der Waals surface area contributed by atoms with Crippen LogP contribution in [0.5, 0.6) is 11.5 Å². The summed E-state index contributed by atoms with van der Waals surface area (Å²) in [6, 6.07) is 6.52. The van der Waals surface area contributed by atoms with Gasteiger partial charge in [0.1, 0.15) is 6.61 Å². The minimum absolute atomic E-state index is 0.176. The lowest BCUT2D eigenvalue weighted by molar-refractivity contribution is 0.0696. The molecule has 0 atom stereocenters. The van der Waals surface area contributed by atoms with Crippen molar-refractivity contribution in [1.29, 1.82) is 0 Å². The maximum Gasteiger partial charge on any atom is 0.335 e. The van der Waals surface area contributed by atoms with Crippen molar-refractivity contribution < 1.29 is 19.4 Å². The van der Waals surface area contributed by atoms with Gasteiger partial charge in [-0.15, -0.1) is 0 Å². The van der Waals surface area contributed by atoms with E-state index in [0.717, 1.165) is 5.56 Å². The zero-order valence-corrected chi connectivity index (χ0v) is 10.6. The molecule has 5 heteroatoms. The van der Waals surface area contributed by atoms with Crippen LogP contribution >= 0.6 is 11.3 Å². The third-order valence-corrected chi connectivity index (χ3v) is 3.12. The molecule has 0 aliphatic rings. The van der Waals surface area contributed by atoms with Crippen LogP contribution in [0.3, 0.4) is 0 Å². The molecule has 1 aromatic heterocycles. The molecule has 0 spiro atoms. The monoisotopic (exact) mass is 264 g/mol. The highest BCUT2D eigenvalue weighted by molar-refractivity contribution is 7.07. The van der Waals surface area contributed by atoms with E-state index in [2.05, 4.69) is 0 Å². The predicted octanol–water partition coefficient (Wildman–Crippen LogP) is 3.03. The highest BCUT2D eigenvalue weighted by Crippen LogP contribution is 2.29. The third kappa shape index (κ3) is 2.81. The molecule has 0 amide bonds. The fourth-order valence-corrected chi connectivity index (χ4v) is 2.11. The quantitative estimate of drug-likeness (QED) is 0.901. The summed E-state index contributed by atoms with van der Waals surface area (Å²) in [6.07, 6.45) is 0. The van der Waals surface area contributed by atoms with Crippen LogP contribution in [-0.2, 0) is 6.61 Å². The Morgan fingerprint density at radius 1 is 1.33 bits per heavy atom. The minimum atomic E-state index is -0.988. The van der Waals surface area contributed by atoms with Gasteiger partial charge in [0.2, 0.25) is 0 Å². The number of carboxylic acids is 1. The number of hydrogen-bond acceptors (Lipinski definition) is 4. The van der Waals surface area contributed by atoms with E-state index in [1.165, 1.54) is 19.2 Å². The Bertz CT molecular complexity index is 534. The summed E-state index contributed by atoms with van der Waals surface area (Å²) in [4.78, 5) is 10.8. The van der Waals surface area contributed by atoms with Crippen LogP contribution in [0.25, 0.3) is 0 Å². The number of methoxy groups -OCH3 is 1. The van der Waals surface area contributed by atoms with Crippen molar-refractivity contribution in [2.75, 3.05) is 7.11 Å². The number of thiophene rings is 1. The number of carbonyl (C=O) groups is 1. The van der Waals surface area contributed by atoms with E-state index in [9.17, 15) is 4.79 Å². The average Bonchev–Trinajstić information content (AvgIpc) is 2.89. The fourth-order valence-electron chi connectivity index (χ4n) is 1.46. The average molecular weight is 264 g/mol. The summed E-state index contributed by atoms with van der Waals surface area (Å²) in [7, 11) is 1.48. The highest BCUT2D eigenvalue weighted by Gasteiger charge is 2.10. The number of benzene rings is 1. The Kier molecular flexibility index (Phi) is 3.84. The summed E-state index contributed by atoms with van der Waals surface area (Å²) in [5, 5.41) is 12.9. The van der Waals surface area contributed by atoms with Gasteiger partial charge in [0.15, 0.2) is 11.5 Å². The summed E-state index contributed by atoms with van der Waals surface area (Å²) in [5.74, 6) is -0.0310. The summed E-state index contributed by atoms with van der Waals surface area (Å²) < 4.78 is 10.7. The van der Waals surface area contributed by atoms with Crippen LogP contribution < -0.4 is 9.47 Å². The Morgan fingerprint density at radius 3 is 2.78 bits per heavy atom. The molecule has 18 heavy (non-hydrogen) atoms. The first kappa shape index (κ1) is 12.4. The molecule has 1 aromatic carbocycles. The summed E-state index contributed by atoms with van der Waals surface area (Å²) in [5.41, 5.74) is 1.25. The topological polar surface area (TPSA) is 55.8 Å². The van der Waals surface area contributed by atoms with Crippen LogP contribution in [0, 0.1) is 0 Å². The molecule has 0 aliphatic carbocycles. The first-order valence-corrected chi connectivity index (χ1v) is 6.20. The lowest BCUT2D eigenvalue weighted by atomic mass is 10.2. The van der Waals surface area contributed by atoms with Crippen LogP contribution in [0.4, 0.5) is 0 Å². The Labute approximate surface area is 108 Å². The van der Waals surface area contributed by atoms with Crippen molar-refractivity contribution in [3.8, 4) is 11.5 Å². The Morgan fingerprint density at radius 2 is 2.17 bits per heavy atom. The number of hydrogen-bond donors (Lipinski definition) is 1. The van der Waals surface area contributed by atoms with Gasteiger partial charge in [0, 0.05) is 0 Å². The second kappa shape index (κ2) is 5.55. The second-order valence-electron chi connectivity index (χ2n) is 3.59. The largest absolute Gasteiger partial charge is 0.493 e. The second-order valence-corrected chi connectivity index (χ2v) is 4.37. The van der Waals surface area contributed by atoms with Gasteiger partial charge in [0.25, 0.3) is 0 Å². The Hall–Kier alpha value is -2.01. The van der Waals surface area contributed by atoms with Gasteiger partial charge < -0.3 is 14.6 Å². The van der Waals surface area contributed by atoms with E-state index in [1.54, 1.807) is 17.4 Å². The zero-order valence-electron chi connectivity index (χ0n) is 9.75. The maximum atomic E-state index is 10.8. The van der Waals surface area contributed by atoms with Crippen LogP contribution in [0.1, 0.15) is 15.9 Å². The molecule has 0 fully saturated rings. The van der Waals surface area contributed by atoms with Gasteiger partial charge in [-0.2, -0.15) is 11.3 Å². The standard InChI is InChI=1S/C13H12O4S/c1-16-12-6-10(13(14)15)2-3-11(12)17-7-9-4-5-18-8-9/h2-6,8H,7H2,1H3,(H,14,15). The van der Waals surface area contributed by atoms with Crippen molar-refractivity contribution in [3.63, 3.8) is 0 Å². The molecule has 1 N–H and O–H groups in total. The third-order valence-electron chi connectivity index (χ3n) is 2.39. The number of ether oxygens (including phenoxy) is 2. The molecule has 1 heterocycles. The van der Waals surface area contributed by atoms with Crippen LogP contribution in [-0.4, -0.2) is 18.2 Å². The molecule has 0 aliphatic heterocycles. The zero-order chi connectivity index (χ0) is 13.0. The van der Waals surface area contributed by atoms with Gasteiger partial charge in [-0.05, 0) is 40.6 Å². The maximum absolute atomic E-state index is 10.8. The van der Waals surface area contributed by atoms with Gasteiger partial charge >= 0.3 is 5.97 Å². The number of aromatic carboxylic acids is 1. The van der Waals surface area contributed by atoms with Gasteiger partial charge in [0.05, 0.1) is 12.7 Å². The van der Waals surface area contributed by atoms with E-state index >= 15 is 0 Å². The van der Waals surface area contributed by atoms with E-state index in [1.807, 2.05) is 16.8 Å². The van der Waals surface area contributed by atoms with E-state index in [-0.39, 0.29) is 5.56 Å². The van der Waals surface area contributed by atoms with Crippen molar-refractivity contribution in [3.05, 3.63) is 46.2 Å². The van der Waals surface area contributed by atoms with Crippen LogP contribution in [0.15, 0.2) is 35.0 Å². The predicted molar refractivity (Wildman–Crippen MR) is 68.6 cm³/mol. The molecule has 2 aromatic rings. The Balaban J connectivity index is 2.14. The normalized spacial score (nSPS) is 10.1. The SMILES string of the molecule is COc1cc(C(=O)O)ccc1OCc1ccsc1. The summed E-state index contributed by atoms with van der Waals surface area (Å²) in [6.45, 7) is 0.437. The minimum Gasteiger partial charge on any atom is -0.493 e. The molecule has 2 rings (SSSR count). The van der Waals surface area contributed by atoms with Gasteiger partial charge in [-0.25, -0.2) is 4.79 Å². The molecule has 0 unspecified atom stereocenters. The summed E-state index contributed by atoms with van der Waals surface area (Å²) >= 11 is 1.60. The molecular formula is C13H12O4S. The molecule has 94 valence electrons. The number of carboxylic acid groups (broad SMARTS) is 1. The van der Waals surface area contributed by atoms with Crippen molar-refractivity contribution >= 4 is 17.3 Å². The van der Waals surface area contributed by atoms with Crippen molar-refractivity contribution in [2.45, 2.75) is 6.61 Å². The lowest BCUT2D eigenvalue weighted by Crippen LogP contribution is -2.00. The highest BCUT2D eigenvalue weighted by atomic mass is 32.1. The molecule has 0 radical (unpaired) electrons. The van der Waals surface area contributed by atoms with Crippen LogP contribution in [0.2, 0.25) is 0 Å². The number of rotatable bonds is 5. The van der Waals surface area contributed by atoms with Gasteiger partial charge in [-0.1, -0.05) is 0 Å². The lowest BCUT2D eigenvalue weighted by Gasteiger charge is -2.10. The molecule has 0 saturated heterocycles. The van der Waals surface area contributed by atoms with E-state index in [4.69, 9.17) is 14.6 Å². The molecule has 0 saturated carbocycles. The van der Waals surface area contributed by atoms with Gasteiger partial charge in [-0.3, -0.25) is 0 Å². The van der Waals surface area contributed by atoms with Crippen molar-refractivity contribution in [1.82, 2.24) is 0 Å². The van der Waals surface area contributed by atoms with E-state index in [0.29, 0.717) is 18.1 Å². The molecule has 4 nitrogen and oxygen atoms in total. The fraction of sp³-hybridized carbons (Fsp3) is 0.154. The van der Waals surface area contributed by atoms with E-state index < -0.39 is 5.97 Å². The first-order chi connectivity index (χ1) is 8.70. The first-order valence-electron chi connectivity index (χ1n) is 5.26. The van der Waals surface area contributed by atoms with Crippen molar-refractivity contribution in [2.24, 2.45) is 0 Å². The molecular weight excluding hydrogens is 252 g/mol. The smallest absolute Gasteiger partial charge is 0.335 e. The molecule has 0 bridgehead atoms.